The fourth-order valence-electron chi connectivity index (χ4n) is 0.628. The maximum atomic E-state index is 10.7. The van der Waals surface area contributed by atoms with Gasteiger partial charge in [0, 0.05) is 9.35 Å². The van der Waals surface area contributed by atoms with Gasteiger partial charge in [-0.1, -0.05) is 11.6 Å². The highest BCUT2D eigenvalue weighted by atomic mass is 79.9. The predicted molar refractivity (Wildman–Crippen MR) is 54.8 cm³/mol. The molecule has 0 aliphatic carbocycles. The summed E-state index contributed by atoms with van der Waals surface area (Å²) in [6.07, 6.45) is 0. The van der Waals surface area contributed by atoms with Gasteiger partial charge in [-0.3, -0.25) is 4.79 Å². The number of primary amides is 1. The van der Waals surface area contributed by atoms with Crippen molar-refractivity contribution in [3.8, 4) is 0 Å². The van der Waals surface area contributed by atoms with Crippen LogP contribution in [0.4, 0.5) is 0 Å². The van der Waals surface area contributed by atoms with Crippen LogP contribution in [0.15, 0.2) is 10.5 Å². The third-order valence-corrected chi connectivity index (χ3v) is 4.28. The second kappa shape index (κ2) is 3.96. The van der Waals surface area contributed by atoms with E-state index in [1.165, 1.54) is 11.3 Å². The minimum absolute atomic E-state index is 0.567. The molecule has 2 nitrogen and oxygen atoms in total. The van der Waals surface area contributed by atoms with E-state index >= 15 is 0 Å². The predicted octanol–water partition coefficient (Wildman–Crippen LogP) is 2.93. The molecule has 0 saturated carbocycles. The molecule has 1 amide bonds. The van der Waals surface area contributed by atoms with E-state index in [2.05, 4.69) is 15.9 Å². The van der Waals surface area contributed by atoms with E-state index in [-0.39, 0.29) is 0 Å². The first-order chi connectivity index (χ1) is 5.52. The largest absolute Gasteiger partial charge is 0.368 e. The lowest BCUT2D eigenvalue weighted by Gasteiger charge is -1.98. The van der Waals surface area contributed by atoms with Crippen LogP contribution >= 0.6 is 50.5 Å². The van der Waals surface area contributed by atoms with Gasteiger partial charge < -0.3 is 5.73 Å². The van der Waals surface area contributed by atoms with Crippen molar-refractivity contribution in [2.24, 2.45) is 5.73 Å². The quantitative estimate of drug-likeness (QED) is 0.836. The Bertz CT molecular complexity index is 295. The number of carbonyl (C=O) groups excluding carboxylic acids is 1. The van der Waals surface area contributed by atoms with Crippen LogP contribution in [0.5, 0.6) is 0 Å². The zero-order valence-corrected chi connectivity index (χ0v) is 9.60. The molecule has 1 aromatic rings. The topological polar surface area (TPSA) is 43.1 Å². The number of amides is 1. The molecule has 0 aliphatic rings. The molecule has 0 aromatic carbocycles. The Kier molecular flexibility index (Phi) is 3.40. The van der Waals surface area contributed by atoms with Crippen LogP contribution in [0, 0.1) is 0 Å². The normalized spacial score (nSPS) is 12.9. The van der Waals surface area contributed by atoms with Crippen LogP contribution < -0.4 is 5.73 Å². The minimum Gasteiger partial charge on any atom is -0.368 e. The van der Waals surface area contributed by atoms with Crippen LogP contribution in [-0.2, 0) is 4.79 Å². The summed E-state index contributed by atoms with van der Waals surface area (Å²) >= 11 is 15.9. The fourth-order valence-corrected chi connectivity index (χ4v) is 2.55. The number of hydrogen-bond acceptors (Lipinski definition) is 2. The van der Waals surface area contributed by atoms with Gasteiger partial charge in [0.1, 0.15) is 9.71 Å². The molecule has 0 radical (unpaired) electrons. The van der Waals surface area contributed by atoms with Gasteiger partial charge in [-0.05, 0) is 22.0 Å². The average molecular weight is 289 g/mol. The van der Waals surface area contributed by atoms with Gasteiger partial charge in [0.2, 0.25) is 5.91 Å². The number of nitrogens with two attached hydrogens (primary N) is 1. The molecular formula is C6H4BrCl2NOS. The zero-order valence-electron chi connectivity index (χ0n) is 5.68. The van der Waals surface area contributed by atoms with E-state index in [1.807, 2.05) is 0 Å². The van der Waals surface area contributed by atoms with Crippen LogP contribution in [0.2, 0.25) is 4.34 Å². The lowest BCUT2D eigenvalue weighted by atomic mass is 10.3. The van der Waals surface area contributed by atoms with Gasteiger partial charge in [0.25, 0.3) is 0 Å². The van der Waals surface area contributed by atoms with Crippen molar-refractivity contribution in [2.75, 3.05) is 0 Å². The lowest BCUT2D eigenvalue weighted by molar-refractivity contribution is -0.117. The standard InChI is InChI=1S/C6H4BrCl2NOS/c7-2-1-3(12-5(2)9)4(8)6(10)11/h1,4H,(H2,10,11). The average Bonchev–Trinajstić information content (AvgIpc) is 2.30. The molecule has 0 fully saturated rings. The molecule has 66 valence electrons. The molecule has 2 N–H and O–H groups in total. The Balaban J connectivity index is 2.96. The second-order valence-electron chi connectivity index (χ2n) is 2.04. The SMILES string of the molecule is NC(=O)C(Cl)c1cc(Br)c(Cl)s1. The molecule has 6 heteroatoms. The highest BCUT2D eigenvalue weighted by Crippen LogP contribution is 2.37. The molecule has 0 spiro atoms. The third-order valence-electron chi connectivity index (χ3n) is 1.16. The van der Waals surface area contributed by atoms with Crippen molar-refractivity contribution in [3.05, 3.63) is 19.8 Å². The van der Waals surface area contributed by atoms with E-state index in [9.17, 15) is 4.79 Å². The third kappa shape index (κ3) is 2.13. The van der Waals surface area contributed by atoms with Gasteiger partial charge in [0.15, 0.2) is 0 Å². The van der Waals surface area contributed by atoms with E-state index in [1.54, 1.807) is 6.07 Å². The monoisotopic (exact) mass is 287 g/mol. The Morgan fingerprint density at radius 3 is 2.67 bits per heavy atom. The second-order valence-corrected chi connectivity index (χ2v) is 5.01. The van der Waals surface area contributed by atoms with Crippen molar-refractivity contribution in [1.82, 2.24) is 0 Å². The number of rotatable bonds is 2. The smallest absolute Gasteiger partial charge is 0.240 e. The van der Waals surface area contributed by atoms with E-state index in [0.717, 1.165) is 4.47 Å². The Hall–Kier alpha value is 0.230. The Morgan fingerprint density at radius 2 is 2.33 bits per heavy atom. The van der Waals surface area contributed by atoms with Crippen LogP contribution in [0.25, 0.3) is 0 Å². The van der Waals surface area contributed by atoms with Crippen molar-refractivity contribution in [1.29, 1.82) is 0 Å². The molecule has 12 heavy (non-hydrogen) atoms. The van der Waals surface area contributed by atoms with Crippen LogP contribution in [0.1, 0.15) is 10.3 Å². The first-order valence-corrected chi connectivity index (χ1v) is 5.33. The van der Waals surface area contributed by atoms with Gasteiger partial charge in [-0.2, -0.15) is 0 Å². The van der Waals surface area contributed by atoms with Crippen LogP contribution in [0.3, 0.4) is 0 Å². The summed E-state index contributed by atoms with van der Waals surface area (Å²) in [4.78, 5) is 11.3. The highest BCUT2D eigenvalue weighted by molar-refractivity contribution is 9.10. The molecule has 1 unspecified atom stereocenters. The summed E-state index contributed by atoms with van der Waals surface area (Å²) in [6, 6.07) is 1.69. The maximum Gasteiger partial charge on any atom is 0.240 e. The van der Waals surface area contributed by atoms with Crippen molar-refractivity contribution in [2.45, 2.75) is 5.38 Å². The van der Waals surface area contributed by atoms with E-state index in [4.69, 9.17) is 28.9 Å². The zero-order chi connectivity index (χ0) is 9.30. The minimum atomic E-state index is -0.793. The van der Waals surface area contributed by atoms with Crippen molar-refractivity contribution < 1.29 is 4.79 Å². The van der Waals surface area contributed by atoms with E-state index < -0.39 is 11.3 Å². The summed E-state index contributed by atoms with van der Waals surface area (Å²) in [5.41, 5.74) is 5.00. The highest BCUT2D eigenvalue weighted by Gasteiger charge is 2.17. The van der Waals surface area contributed by atoms with Crippen LogP contribution in [-0.4, -0.2) is 5.91 Å². The lowest BCUT2D eigenvalue weighted by Crippen LogP contribution is -2.15. The molecule has 0 bridgehead atoms. The molecule has 1 heterocycles. The number of alkyl halides is 1. The van der Waals surface area contributed by atoms with Crippen molar-refractivity contribution in [3.63, 3.8) is 0 Å². The summed E-state index contributed by atoms with van der Waals surface area (Å²) in [6.45, 7) is 0. The number of thiophene rings is 1. The molecular weight excluding hydrogens is 285 g/mol. The summed E-state index contributed by atoms with van der Waals surface area (Å²) in [7, 11) is 0. The summed E-state index contributed by atoms with van der Waals surface area (Å²) in [5.74, 6) is -0.568. The first kappa shape index (κ1) is 10.3. The molecule has 0 aliphatic heterocycles. The number of carbonyl (C=O) groups is 1. The number of hydrogen-bond donors (Lipinski definition) is 1. The maximum absolute atomic E-state index is 10.7. The van der Waals surface area contributed by atoms with Gasteiger partial charge in [-0.25, -0.2) is 0 Å². The molecule has 0 saturated heterocycles. The van der Waals surface area contributed by atoms with Gasteiger partial charge >= 0.3 is 0 Å². The molecule has 1 atom stereocenters. The molecule has 1 aromatic heterocycles. The van der Waals surface area contributed by atoms with Crippen molar-refractivity contribution >= 4 is 56.4 Å². The summed E-state index contributed by atoms with van der Waals surface area (Å²) < 4.78 is 1.30. The summed E-state index contributed by atoms with van der Waals surface area (Å²) in [5, 5.41) is -0.793. The van der Waals surface area contributed by atoms with Gasteiger partial charge in [-0.15, -0.1) is 22.9 Å². The Labute approximate surface area is 91.8 Å². The fraction of sp³-hybridized carbons (Fsp3) is 0.167. The first-order valence-electron chi connectivity index (χ1n) is 2.90. The van der Waals surface area contributed by atoms with Gasteiger partial charge in [0.05, 0.1) is 0 Å². The number of halogens is 3. The Morgan fingerprint density at radius 1 is 1.75 bits per heavy atom. The molecule has 1 rings (SSSR count). The van der Waals surface area contributed by atoms with E-state index in [0.29, 0.717) is 9.21 Å².